The summed E-state index contributed by atoms with van der Waals surface area (Å²) in [7, 11) is 1.77. The molecule has 3 fully saturated rings. The van der Waals surface area contributed by atoms with E-state index in [1.165, 1.54) is 18.2 Å². The van der Waals surface area contributed by atoms with Crippen molar-refractivity contribution in [1.82, 2.24) is 24.9 Å². The first-order chi connectivity index (χ1) is 20.6. The molecule has 6 rings (SSSR count). The zero-order chi connectivity index (χ0) is 32.8. The van der Waals surface area contributed by atoms with E-state index in [9.17, 15) is 17.6 Å². The summed E-state index contributed by atoms with van der Waals surface area (Å²) in [5, 5.41) is 12.8. The maximum absolute atomic E-state index is 13.6. The molecule has 0 N–H and O–H groups in total. The van der Waals surface area contributed by atoms with Gasteiger partial charge in [0.05, 0.1) is 5.56 Å². The minimum Gasteiger partial charge on any atom is -0.338 e. The van der Waals surface area contributed by atoms with Crippen LogP contribution in [0.1, 0.15) is 117 Å². The molecule has 2 heterocycles. The van der Waals surface area contributed by atoms with Crippen molar-refractivity contribution < 1.29 is 22.1 Å². The second kappa shape index (κ2) is 17.1. The molecular formula is C33H49F4N5O. The molecule has 6 nitrogen and oxygen atoms in total. The van der Waals surface area contributed by atoms with Gasteiger partial charge in [-0.1, -0.05) is 77.1 Å². The van der Waals surface area contributed by atoms with E-state index in [0.717, 1.165) is 56.0 Å². The van der Waals surface area contributed by atoms with Crippen LogP contribution in [0.15, 0.2) is 47.5 Å². The van der Waals surface area contributed by atoms with Gasteiger partial charge in [0.1, 0.15) is 12.5 Å². The molecule has 43 heavy (non-hydrogen) atoms. The quantitative estimate of drug-likeness (QED) is 0.213. The summed E-state index contributed by atoms with van der Waals surface area (Å²) in [5.74, 6) is 2.34. The Balaban J connectivity index is 0.000000828. The molecule has 10 heteroatoms. The van der Waals surface area contributed by atoms with Gasteiger partial charge in [0.15, 0.2) is 11.6 Å². The van der Waals surface area contributed by atoms with Crippen LogP contribution in [0.5, 0.6) is 0 Å². The smallest absolute Gasteiger partial charge is 0.338 e. The third kappa shape index (κ3) is 8.21. The van der Waals surface area contributed by atoms with Crippen molar-refractivity contribution in [3.63, 3.8) is 0 Å². The van der Waals surface area contributed by atoms with Crippen molar-refractivity contribution in [2.45, 2.75) is 111 Å². The highest BCUT2D eigenvalue weighted by atomic mass is 19.4. The lowest BCUT2D eigenvalue weighted by Crippen LogP contribution is -2.47. The summed E-state index contributed by atoms with van der Waals surface area (Å²) >= 11 is 0. The molecule has 0 unspecified atom stereocenters. The van der Waals surface area contributed by atoms with Crippen molar-refractivity contribution in [2.24, 2.45) is 7.05 Å². The Hall–Kier alpha value is -3.30. The lowest BCUT2D eigenvalue weighted by Gasteiger charge is -2.51. The largest absolute Gasteiger partial charge is 0.417 e. The molecule has 0 saturated heterocycles. The number of aromatic nitrogens is 5. The zero-order valence-corrected chi connectivity index (χ0v) is 27.3. The maximum atomic E-state index is 13.6. The molecule has 3 aromatic rings. The van der Waals surface area contributed by atoms with E-state index < -0.39 is 18.4 Å². The van der Waals surface area contributed by atoms with Gasteiger partial charge in [-0.2, -0.15) is 18.2 Å². The number of benzene rings is 1. The molecule has 1 aromatic carbocycles. The maximum Gasteiger partial charge on any atom is 0.417 e. The van der Waals surface area contributed by atoms with Gasteiger partial charge in [-0.3, -0.25) is 0 Å². The Bertz CT molecular complexity index is 1270. The summed E-state index contributed by atoms with van der Waals surface area (Å²) in [6.07, 6.45) is 3.94. The summed E-state index contributed by atoms with van der Waals surface area (Å²) in [5.41, 5.74) is 0.0106. The molecule has 2 bridgehead atoms. The van der Waals surface area contributed by atoms with E-state index in [1.54, 1.807) is 17.7 Å². The van der Waals surface area contributed by atoms with E-state index in [-0.39, 0.29) is 22.2 Å². The van der Waals surface area contributed by atoms with Gasteiger partial charge >= 0.3 is 6.18 Å². The molecule has 3 aliphatic rings. The van der Waals surface area contributed by atoms with Crippen LogP contribution in [-0.2, 0) is 24.1 Å². The topological polar surface area (TPSA) is 69.6 Å². The van der Waals surface area contributed by atoms with Crippen LogP contribution in [-0.4, -0.2) is 31.6 Å². The predicted octanol–water partition coefficient (Wildman–Crippen LogP) is 10.1. The molecule has 3 saturated carbocycles. The molecule has 0 atom stereocenters. The van der Waals surface area contributed by atoms with Gasteiger partial charge in [-0.05, 0) is 64.0 Å². The zero-order valence-electron chi connectivity index (χ0n) is 27.3. The molecule has 240 valence electrons. The Labute approximate surface area is 254 Å². The van der Waals surface area contributed by atoms with Gasteiger partial charge in [0, 0.05) is 23.4 Å². The van der Waals surface area contributed by atoms with Crippen molar-refractivity contribution in [3.05, 3.63) is 66.1 Å². The summed E-state index contributed by atoms with van der Waals surface area (Å²) in [6.45, 7) is 18.6. The van der Waals surface area contributed by atoms with Gasteiger partial charge in [-0.25, -0.2) is 4.39 Å². The van der Waals surface area contributed by atoms with Gasteiger partial charge in [0.2, 0.25) is 5.89 Å². The number of hydrogen-bond acceptors (Lipinski definition) is 5. The monoisotopic (exact) mass is 607 g/mol. The van der Waals surface area contributed by atoms with E-state index in [0.29, 0.717) is 11.7 Å². The number of halogens is 4. The van der Waals surface area contributed by atoms with Crippen LogP contribution in [0.4, 0.5) is 17.6 Å². The van der Waals surface area contributed by atoms with E-state index in [2.05, 4.69) is 26.9 Å². The third-order valence-corrected chi connectivity index (χ3v) is 7.84. The second-order valence-corrected chi connectivity index (χ2v) is 9.85. The number of alkyl halides is 4. The fourth-order valence-electron chi connectivity index (χ4n) is 5.52. The molecule has 0 amide bonds. The number of fused-ring (bicyclic) bond motifs is 3. The first-order valence-electron chi connectivity index (χ1n) is 15.3. The summed E-state index contributed by atoms with van der Waals surface area (Å²) in [6, 6.07) is 5.54. The lowest BCUT2D eigenvalue weighted by molar-refractivity contribution is -0.137. The second-order valence-electron chi connectivity index (χ2n) is 9.85. The van der Waals surface area contributed by atoms with E-state index >= 15 is 0 Å². The Morgan fingerprint density at radius 1 is 0.953 bits per heavy atom. The van der Waals surface area contributed by atoms with Gasteiger partial charge in [0.25, 0.3) is 0 Å². The lowest BCUT2D eigenvalue weighted by atomic mass is 9.53. The molecule has 3 aliphatic carbocycles. The van der Waals surface area contributed by atoms with Crippen LogP contribution < -0.4 is 0 Å². The third-order valence-electron chi connectivity index (χ3n) is 7.84. The van der Waals surface area contributed by atoms with Crippen molar-refractivity contribution in [3.8, 4) is 11.4 Å². The fourth-order valence-corrected chi connectivity index (χ4v) is 5.52. The van der Waals surface area contributed by atoms with Gasteiger partial charge in [-0.15, -0.1) is 16.8 Å². The van der Waals surface area contributed by atoms with Crippen LogP contribution in [0.2, 0.25) is 0 Å². The molecule has 2 aromatic heterocycles. The highest BCUT2D eigenvalue weighted by Gasteiger charge is 2.54. The van der Waals surface area contributed by atoms with Crippen molar-refractivity contribution in [1.29, 1.82) is 0 Å². The standard InChI is InChI=1S/C24H26F3N5O.C3H5F.3C2H6/c1-4-15(2)18-28-21(33-31-18)23-12-9-22(10-13-23,11-14-23)20-30-29-19(32(20)3)16-7-5-6-8-17(16)24(25,26)27;1-2-3-4;3*1-2/h4-8H,9-14H2,1-3H3;2H,1,3H2;3*1-2H3/b15-4+;;;;. The molecule has 0 radical (unpaired) electrons. The predicted molar refractivity (Wildman–Crippen MR) is 166 cm³/mol. The molecular weight excluding hydrogens is 558 g/mol. The van der Waals surface area contributed by atoms with E-state index in [1.807, 2.05) is 61.5 Å². The highest BCUT2D eigenvalue weighted by Crippen LogP contribution is 2.58. The first kappa shape index (κ1) is 37.7. The number of rotatable bonds is 5. The minimum absolute atomic E-state index is 0.0568. The first-order valence-corrected chi connectivity index (χ1v) is 15.3. The Morgan fingerprint density at radius 3 is 1.95 bits per heavy atom. The Kier molecular flexibility index (Phi) is 15.0. The average Bonchev–Trinajstić information content (AvgIpc) is 3.72. The number of nitrogens with zero attached hydrogens (tertiary/aromatic N) is 5. The van der Waals surface area contributed by atoms with Crippen LogP contribution in [0.3, 0.4) is 0 Å². The fraction of sp³-hybridized carbons (Fsp3) is 0.576. The van der Waals surface area contributed by atoms with Crippen LogP contribution in [0.25, 0.3) is 17.0 Å². The SMILES string of the molecule is C/C=C(\C)c1noc(C23CCC(c4nnc(-c5ccccc5C(F)(F)F)n4C)(CC2)CC3)n1.C=CCF.CC.CC.CC. The Morgan fingerprint density at radius 2 is 1.47 bits per heavy atom. The van der Waals surface area contributed by atoms with E-state index in [4.69, 9.17) is 4.52 Å². The van der Waals surface area contributed by atoms with Crippen molar-refractivity contribution >= 4 is 5.57 Å². The normalized spacial score (nSPS) is 20.6. The van der Waals surface area contributed by atoms with Crippen LogP contribution >= 0.6 is 0 Å². The highest BCUT2D eigenvalue weighted by molar-refractivity contribution is 5.61. The number of hydrogen-bond donors (Lipinski definition) is 0. The number of allylic oxidation sites excluding steroid dienone is 3. The van der Waals surface area contributed by atoms with Crippen molar-refractivity contribution in [2.75, 3.05) is 6.67 Å². The minimum atomic E-state index is -4.45. The summed E-state index contributed by atoms with van der Waals surface area (Å²) < 4.78 is 58.7. The molecule has 0 spiro atoms. The molecule has 0 aliphatic heterocycles. The van der Waals surface area contributed by atoms with Crippen LogP contribution in [0, 0.1) is 0 Å². The average molecular weight is 608 g/mol. The summed E-state index contributed by atoms with van der Waals surface area (Å²) in [4.78, 5) is 4.68. The van der Waals surface area contributed by atoms with Gasteiger partial charge < -0.3 is 9.09 Å².